The van der Waals surface area contributed by atoms with E-state index in [1.165, 1.54) is 0 Å². The molecule has 1 aromatic heterocycles. The van der Waals surface area contributed by atoms with Crippen LogP contribution in [0.25, 0.3) is 11.0 Å². The lowest BCUT2D eigenvalue weighted by Crippen LogP contribution is -2.38. The first kappa shape index (κ1) is 13.3. The number of hydrogen-bond donors (Lipinski definition) is 1. The summed E-state index contributed by atoms with van der Waals surface area (Å²) < 4.78 is 0. The van der Waals surface area contributed by atoms with Crippen molar-refractivity contribution in [2.75, 3.05) is 32.1 Å². The molecule has 20 heavy (non-hydrogen) atoms. The Labute approximate surface area is 118 Å². The van der Waals surface area contributed by atoms with E-state index in [0.717, 1.165) is 29.8 Å². The fourth-order valence-electron chi connectivity index (χ4n) is 2.85. The molecule has 1 saturated heterocycles. The van der Waals surface area contributed by atoms with Crippen molar-refractivity contribution >= 4 is 16.9 Å². The smallest absolute Gasteiger partial charge is 0.148 e. The Bertz CT molecular complexity index is 601. The van der Waals surface area contributed by atoms with Gasteiger partial charge in [0.25, 0.3) is 0 Å². The lowest BCUT2D eigenvalue weighted by atomic mass is 10.2. The van der Waals surface area contributed by atoms with Crippen molar-refractivity contribution in [3.63, 3.8) is 0 Å². The van der Waals surface area contributed by atoms with Gasteiger partial charge in [0.05, 0.1) is 23.3 Å². The van der Waals surface area contributed by atoms with Crippen molar-refractivity contribution in [3.8, 4) is 0 Å². The Morgan fingerprint density at radius 3 is 2.80 bits per heavy atom. The zero-order valence-electron chi connectivity index (χ0n) is 11.9. The molecular formula is C15H20N4O. The summed E-state index contributed by atoms with van der Waals surface area (Å²) in [6, 6.07) is 8.15. The number of anilines is 1. The molecule has 5 heteroatoms. The van der Waals surface area contributed by atoms with Crippen LogP contribution in [0.15, 0.2) is 30.5 Å². The summed E-state index contributed by atoms with van der Waals surface area (Å²) >= 11 is 0. The number of rotatable bonds is 3. The molecule has 1 aromatic carbocycles. The zero-order chi connectivity index (χ0) is 14.1. The summed E-state index contributed by atoms with van der Waals surface area (Å²) in [7, 11) is 4.10. The molecule has 1 aliphatic heterocycles. The molecule has 1 N–H and O–H groups in total. The van der Waals surface area contributed by atoms with Crippen LogP contribution in [0.3, 0.4) is 0 Å². The Morgan fingerprint density at radius 1 is 1.30 bits per heavy atom. The number of hydrogen-bond acceptors (Lipinski definition) is 5. The zero-order valence-corrected chi connectivity index (χ0v) is 11.9. The second kappa shape index (κ2) is 5.34. The Kier molecular flexibility index (Phi) is 3.54. The van der Waals surface area contributed by atoms with Crippen molar-refractivity contribution in [1.82, 2.24) is 14.9 Å². The molecule has 1 aliphatic rings. The van der Waals surface area contributed by atoms with Crippen LogP contribution >= 0.6 is 0 Å². The molecule has 2 aromatic rings. The van der Waals surface area contributed by atoms with Gasteiger partial charge < -0.3 is 14.9 Å². The van der Waals surface area contributed by atoms with Gasteiger partial charge in [-0.2, -0.15) is 0 Å². The van der Waals surface area contributed by atoms with Gasteiger partial charge in [0.2, 0.25) is 0 Å². The van der Waals surface area contributed by atoms with Crippen LogP contribution in [0.1, 0.15) is 6.42 Å². The maximum Gasteiger partial charge on any atom is 0.148 e. The lowest BCUT2D eigenvalue weighted by Gasteiger charge is -2.27. The maximum atomic E-state index is 9.95. The van der Waals surface area contributed by atoms with Crippen LogP contribution in [-0.4, -0.2) is 59.3 Å². The van der Waals surface area contributed by atoms with Crippen LogP contribution < -0.4 is 4.90 Å². The first-order valence-corrected chi connectivity index (χ1v) is 6.94. The number of benzene rings is 1. The van der Waals surface area contributed by atoms with E-state index in [2.05, 4.69) is 33.9 Å². The second-order valence-electron chi connectivity index (χ2n) is 5.67. The van der Waals surface area contributed by atoms with Crippen LogP contribution in [0.5, 0.6) is 0 Å². The minimum Gasteiger partial charge on any atom is -0.391 e. The average Bonchev–Trinajstić information content (AvgIpc) is 2.78. The Balaban J connectivity index is 1.92. The van der Waals surface area contributed by atoms with Crippen molar-refractivity contribution < 1.29 is 5.11 Å². The third-order valence-corrected chi connectivity index (χ3v) is 3.70. The number of fused-ring (bicyclic) bond motifs is 1. The minimum atomic E-state index is -0.284. The third-order valence-electron chi connectivity index (χ3n) is 3.70. The molecule has 0 bridgehead atoms. The average molecular weight is 272 g/mol. The molecule has 0 radical (unpaired) electrons. The van der Waals surface area contributed by atoms with Crippen LogP contribution in [-0.2, 0) is 0 Å². The number of nitrogens with zero attached hydrogens (tertiary/aromatic N) is 4. The first-order chi connectivity index (χ1) is 9.63. The molecule has 0 saturated carbocycles. The topological polar surface area (TPSA) is 52.5 Å². The largest absolute Gasteiger partial charge is 0.391 e. The van der Waals surface area contributed by atoms with Gasteiger partial charge in [-0.05, 0) is 32.6 Å². The predicted molar refractivity (Wildman–Crippen MR) is 79.8 cm³/mol. The highest BCUT2D eigenvalue weighted by Crippen LogP contribution is 2.25. The molecule has 2 atom stereocenters. The van der Waals surface area contributed by atoms with E-state index in [1.54, 1.807) is 0 Å². The minimum absolute atomic E-state index is 0.284. The van der Waals surface area contributed by atoms with Gasteiger partial charge >= 0.3 is 0 Å². The van der Waals surface area contributed by atoms with Gasteiger partial charge in [0.1, 0.15) is 5.82 Å². The van der Waals surface area contributed by atoms with Crippen molar-refractivity contribution in [1.29, 1.82) is 0 Å². The fraction of sp³-hybridized carbons (Fsp3) is 0.467. The van der Waals surface area contributed by atoms with Crippen LogP contribution in [0.4, 0.5) is 5.82 Å². The highest BCUT2D eigenvalue weighted by molar-refractivity contribution is 5.75. The Hall–Kier alpha value is -1.72. The van der Waals surface area contributed by atoms with Gasteiger partial charge in [0, 0.05) is 19.1 Å². The molecule has 3 rings (SSSR count). The van der Waals surface area contributed by atoms with E-state index in [1.807, 2.05) is 30.5 Å². The van der Waals surface area contributed by atoms with E-state index in [0.29, 0.717) is 6.54 Å². The lowest BCUT2D eigenvalue weighted by molar-refractivity contribution is 0.191. The summed E-state index contributed by atoms with van der Waals surface area (Å²) in [5.74, 6) is 0.854. The predicted octanol–water partition coefficient (Wildman–Crippen LogP) is 1.13. The first-order valence-electron chi connectivity index (χ1n) is 6.94. The maximum absolute atomic E-state index is 9.95. The van der Waals surface area contributed by atoms with Gasteiger partial charge in [-0.1, -0.05) is 12.1 Å². The van der Waals surface area contributed by atoms with Gasteiger partial charge in [-0.25, -0.2) is 4.98 Å². The normalized spacial score (nSPS) is 22.9. The van der Waals surface area contributed by atoms with E-state index in [4.69, 9.17) is 0 Å². The molecular weight excluding hydrogens is 252 g/mol. The van der Waals surface area contributed by atoms with E-state index < -0.39 is 0 Å². The molecule has 0 amide bonds. The number of aromatic nitrogens is 2. The molecule has 2 unspecified atom stereocenters. The number of β-amino-alcohol motifs (C(OH)–C–C–N with tert-alkyl or cyclic N) is 1. The summed E-state index contributed by atoms with van der Waals surface area (Å²) in [5, 5.41) is 9.95. The molecule has 5 nitrogen and oxygen atoms in total. The van der Waals surface area contributed by atoms with Crippen molar-refractivity contribution in [2.24, 2.45) is 0 Å². The molecule has 106 valence electrons. The van der Waals surface area contributed by atoms with Crippen molar-refractivity contribution in [3.05, 3.63) is 30.5 Å². The number of aliphatic hydroxyl groups excluding tert-OH is 1. The molecule has 0 spiro atoms. The second-order valence-corrected chi connectivity index (χ2v) is 5.67. The van der Waals surface area contributed by atoms with Crippen molar-refractivity contribution in [2.45, 2.75) is 18.6 Å². The molecule has 0 aliphatic carbocycles. The summed E-state index contributed by atoms with van der Waals surface area (Å²) in [6.07, 6.45) is 2.31. The molecule has 2 heterocycles. The van der Waals surface area contributed by atoms with Gasteiger partial charge in [0.15, 0.2) is 0 Å². The number of aliphatic hydroxyl groups is 1. The summed E-state index contributed by atoms with van der Waals surface area (Å²) in [6.45, 7) is 1.54. The van der Waals surface area contributed by atoms with Crippen LogP contribution in [0.2, 0.25) is 0 Å². The summed E-state index contributed by atoms with van der Waals surface area (Å²) in [4.78, 5) is 13.5. The highest BCUT2D eigenvalue weighted by Gasteiger charge is 2.32. The fourth-order valence-corrected chi connectivity index (χ4v) is 2.85. The SMILES string of the molecule is CN(C)CC1CC(O)CN1c1cnc2ccccc2n1. The number of para-hydroxylation sites is 2. The Morgan fingerprint density at radius 2 is 2.05 bits per heavy atom. The van der Waals surface area contributed by atoms with Crippen LogP contribution in [0, 0.1) is 0 Å². The third kappa shape index (κ3) is 2.59. The van der Waals surface area contributed by atoms with E-state index in [9.17, 15) is 5.11 Å². The van der Waals surface area contributed by atoms with E-state index >= 15 is 0 Å². The quantitative estimate of drug-likeness (QED) is 0.908. The van der Waals surface area contributed by atoms with Gasteiger partial charge in [-0.3, -0.25) is 4.98 Å². The summed E-state index contributed by atoms with van der Waals surface area (Å²) in [5.41, 5.74) is 1.80. The van der Waals surface area contributed by atoms with E-state index in [-0.39, 0.29) is 12.1 Å². The number of likely N-dealkylation sites (N-methyl/N-ethyl adjacent to an activating group) is 1. The van der Waals surface area contributed by atoms with Gasteiger partial charge in [-0.15, -0.1) is 0 Å². The molecule has 1 fully saturated rings. The monoisotopic (exact) mass is 272 g/mol. The standard InChI is InChI=1S/C15H20N4O/c1-18(2)9-11-7-12(20)10-19(11)15-8-16-13-5-3-4-6-14(13)17-15/h3-6,8,11-12,20H,7,9-10H2,1-2H3. The highest BCUT2D eigenvalue weighted by atomic mass is 16.3.